The average Bonchev–Trinajstić information content (AvgIpc) is 3.30. The molecule has 43 heavy (non-hydrogen) atoms. The van der Waals surface area contributed by atoms with Crippen LogP contribution in [0.5, 0.6) is 5.75 Å². The first-order valence-corrected chi connectivity index (χ1v) is 15.5. The number of methoxy groups -OCH3 is 1. The average molecular weight is 633 g/mol. The second kappa shape index (κ2) is 16.2. The summed E-state index contributed by atoms with van der Waals surface area (Å²) in [4.78, 5) is 24.6. The van der Waals surface area contributed by atoms with Gasteiger partial charge in [0.1, 0.15) is 12.4 Å². The van der Waals surface area contributed by atoms with Crippen molar-refractivity contribution in [2.45, 2.75) is 50.0 Å². The number of carbonyl (C=O) groups excluding carboxylic acids is 2. The molecule has 4 rings (SSSR count). The van der Waals surface area contributed by atoms with Crippen molar-refractivity contribution in [1.82, 2.24) is 9.62 Å². The second-order valence-corrected chi connectivity index (χ2v) is 12.6. The minimum Gasteiger partial charge on any atom is -0.548 e. The summed E-state index contributed by atoms with van der Waals surface area (Å²) in [5.74, 6) is -1.14. The fourth-order valence-corrected chi connectivity index (χ4v) is 7.09. The molecule has 224 valence electrons. The zero-order valence-corrected chi connectivity index (χ0v) is 29.1. The van der Waals surface area contributed by atoms with E-state index in [0.717, 1.165) is 26.6 Å². The molecule has 0 spiro atoms. The van der Waals surface area contributed by atoms with Gasteiger partial charge in [-0.1, -0.05) is 62.4 Å². The number of benzene rings is 3. The predicted octanol–water partition coefficient (Wildman–Crippen LogP) is 1.17. The molecule has 3 aromatic rings. The van der Waals surface area contributed by atoms with Crippen LogP contribution in [-0.2, 0) is 19.6 Å². The van der Waals surface area contributed by atoms with Gasteiger partial charge in [0, 0.05) is 19.0 Å². The van der Waals surface area contributed by atoms with Gasteiger partial charge in [-0.2, -0.15) is 4.31 Å². The third kappa shape index (κ3) is 8.69. The molecule has 1 amide bonds. The van der Waals surface area contributed by atoms with E-state index in [-0.39, 0.29) is 94.2 Å². The molecule has 0 aliphatic heterocycles. The van der Waals surface area contributed by atoms with E-state index < -0.39 is 28.1 Å². The summed E-state index contributed by atoms with van der Waals surface area (Å²) in [5.41, 5.74) is 4.53. The minimum absolute atomic E-state index is 0. The van der Waals surface area contributed by atoms with Crippen LogP contribution in [0.4, 0.5) is 4.79 Å². The number of rotatable bonds is 14. The molecular weight excluding hydrogens is 596 g/mol. The number of aliphatic carboxylic acids is 1. The van der Waals surface area contributed by atoms with Crippen LogP contribution in [-0.4, -0.2) is 57.6 Å². The zero-order chi connectivity index (χ0) is 30.3. The van der Waals surface area contributed by atoms with Gasteiger partial charge in [-0.3, -0.25) is 0 Å². The molecule has 0 bridgehead atoms. The van der Waals surface area contributed by atoms with Crippen LogP contribution in [0.25, 0.3) is 11.1 Å². The number of carboxylic acids is 1. The number of unbranched alkanes of at least 4 members (excludes halogenated alkanes) is 1. The summed E-state index contributed by atoms with van der Waals surface area (Å²) in [7, 11) is -2.64. The van der Waals surface area contributed by atoms with Crippen molar-refractivity contribution in [1.29, 1.82) is 0 Å². The molecule has 9 nitrogen and oxygen atoms in total. The minimum atomic E-state index is -4.11. The van der Waals surface area contributed by atoms with Crippen molar-refractivity contribution in [3.05, 3.63) is 83.9 Å². The van der Waals surface area contributed by atoms with E-state index in [1.54, 1.807) is 0 Å². The van der Waals surface area contributed by atoms with Crippen molar-refractivity contribution in [3.63, 3.8) is 0 Å². The molecule has 0 unspecified atom stereocenters. The van der Waals surface area contributed by atoms with E-state index in [9.17, 15) is 23.1 Å². The van der Waals surface area contributed by atoms with Gasteiger partial charge in [-0.05, 0) is 71.7 Å². The van der Waals surface area contributed by atoms with E-state index in [1.807, 2.05) is 50.2 Å². The largest absolute Gasteiger partial charge is 1.00 e. The standard InChI is InChI=1S/C32H38N2O7S.K/c1-22(2)20-34(42(38,39)24-17-15-23(40-3)16-18-24)30(31(35)36)14-8-9-19-33-32(37)41-21-29-27-12-6-4-10-25(27)26-11-5-7-13-28(26)29;/h4-7,10-13,15-18,22,29-30H,8-9,14,19-21H2,1-3H3,(H,33,37)(H,35,36);/q;+1/p-1/t30-;/m0./s1. The molecule has 11 heteroatoms. The maximum atomic E-state index is 13.4. The maximum absolute atomic E-state index is 13.4. The number of fused-ring (bicyclic) bond motifs is 3. The number of carbonyl (C=O) groups is 2. The van der Waals surface area contributed by atoms with E-state index in [0.29, 0.717) is 18.6 Å². The van der Waals surface area contributed by atoms with Crippen LogP contribution in [0.15, 0.2) is 77.7 Å². The topological polar surface area (TPSA) is 125 Å². The summed E-state index contributed by atoms with van der Waals surface area (Å²) in [6.45, 7) is 4.11. The van der Waals surface area contributed by atoms with Crippen LogP contribution >= 0.6 is 0 Å². The molecule has 0 radical (unpaired) electrons. The zero-order valence-electron chi connectivity index (χ0n) is 25.1. The molecule has 1 aliphatic carbocycles. The fraction of sp³-hybridized carbons (Fsp3) is 0.375. The van der Waals surface area contributed by atoms with Crippen molar-refractivity contribution >= 4 is 22.1 Å². The Kier molecular flexibility index (Phi) is 13.2. The van der Waals surface area contributed by atoms with Crippen LogP contribution in [0.1, 0.15) is 50.2 Å². The third-order valence-electron chi connectivity index (χ3n) is 7.35. The van der Waals surface area contributed by atoms with Crippen LogP contribution in [0, 0.1) is 5.92 Å². The number of ether oxygens (including phenoxy) is 2. The smallest absolute Gasteiger partial charge is 0.548 e. The first-order valence-electron chi connectivity index (χ1n) is 14.1. The van der Waals surface area contributed by atoms with Gasteiger partial charge in [-0.25, -0.2) is 13.2 Å². The predicted molar refractivity (Wildman–Crippen MR) is 157 cm³/mol. The van der Waals surface area contributed by atoms with E-state index in [1.165, 1.54) is 31.4 Å². The molecule has 0 heterocycles. The van der Waals surface area contributed by atoms with Crippen LogP contribution in [0.2, 0.25) is 0 Å². The normalized spacial score (nSPS) is 13.1. The molecule has 1 atom stereocenters. The number of hydrogen-bond acceptors (Lipinski definition) is 7. The van der Waals surface area contributed by atoms with Gasteiger partial charge >= 0.3 is 57.5 Å². The number of amides is 1. The molecule has 0 aromatic heterocycles. The van der Waals surface area contributed by atoms with Gasteiger partial charge in [0.25, 0.3) is 0 Å². The van der Waals surface area contributed by atoms with Crippen molar-refractivity contribution in [2.75, 3.05) is 26.8 Å². The van der Waals surface area contributed by atoms with E-state index in [2.05, 4.69) is 17.4 Å². The molecule has 1 aliphatic rings. The number of nitrogens with one attached hydrogen (secondary N) is 1. The maximum Gasteiger partial charge on any atom is 1.00 e. The molecule has 1 N–H and O–H groups in total. The first-order chi connectivity index (χ1) is 20.1. The quantitative estimate of drug-likeness (QED) is 0.209. The van der Waals surface area contributed by atoms with Gasteiger partial charge < -0.3 is 24.7 Å². The van der Waals surface area contributed by atoms with Crippen molar-refractivity contribution in [3.8, 4) is 16.9 Å². The Labute approximate surface area is 296 Å². The van der Waals surface area contributed by atoms with Gasteiger partial charge in [0.2, 0.25) is 10.0 Å². The Morgan fingerprint density at radius 1 is 0.930 bits per heavy atom. The Morgan fingerprint density at radius 3 is 2.05 bits per heavy atom. The summed E-state index contributed by atoms with van der Waals surface area (Å²) in [6, 6.07) is 20.6. The first kappa shape index (κ1) is 35.2. The van der Waals surface area contributed by atoms with Gasteiger partial charge in [0.15, 0.2) is 0 Å². The molecule has 0 saturated heterocycles. The van der Waals surface area contributed by atoms with Gasteiger partial charge in [-0.15, -0.1) is 0 Å². The SMILES string of the molecule is COc1ccc(S(=O)(=O)N(CC(C)C)[C@@H](CCCCNC(=O)OCC2c3ccccc3-c3ccccc32)C(=O)[O-])cc1.[K+]. The Bertz CT molecular complexity index is 1450. The molecule has 0 fully saturated rings. The molecule has 3 aromatic carbocycles. The van der Waals surface area contributed by atoms with E-state index >= 15 is 0 Å². The fourth-order valence-electron chi connectivity index (χ4n) is 5.32. The van der Waals surface area contributed by atoms with Gasteiger partial charge in [0.05, 0.1) is 24.0 Å². The molecular formula is C32H37KN2O7S. The summed E-state index contributed by atoms with van der Waals surface area (Å²) in [5, 5.41) is 14.9. The second-order valence-electron chi connectivity index (χ2n) is 10.7. The number of sulfonamides is 1. The summed E-state index contributed by atoms with van der Waals surface area (Å²) in [6.07, 6.45) is 0.273. The third-order valence-corrected chi connectivity index (χ3v) is 9.24. The number of carboxylic acid groups (broad SMARTS) is 1. The van der Waals surface area contributed by atoms with E-state index in [4.69, 9.17) is 9.47 Å². The van der Waals surface area contributed by atoms with Crippen molar-refractivity contribution in [2.24, 2.45) is 5.92 Å². The number of hydrogen-bond donors (Lipinski definition) is 1. The number of nitrogens with zero attached hydrogens (tertiary/aromatic N) is 1. The monoisotopic (exact) mass is 632 g/mol. The Hall–Kier alpha value is -2.25. The Balaban J connectivity index is 0.00000506. The van der Waals surface area contributed by atoms with Crippen LogP contribution < -0.4 is 66.5 Å². The van der Waals surface area contributed by atoms with Crippen molar-refractivity contribution < 1.29 is 84.0 Å². The summed E-state index contributed by atoms with van der Waals surface area (Å²) >= 11 is 0. The summed E-state index contributed by atoms with van der Waals surface area (Å²) < 4.78 is 38.6. The molecule has 0 saturated carbocycles. The Morgan fingerprint density at radius 2 is 1.51 bits per heavy atom. The van der Waals surface area contributed by atoms with Crippen LogP contribution in [0.3, 0.4) is 0 Å². The number of alkyl carbamates (subject to hydrolysis) is 1.